The van der Waals surface area contributed by atoms with Crippen LogP contribution in [0.2, 0.25) is 0 Å². The van der Waals surface area contributed by atoms with E-state index in [0.29, 0.717) is 34.2 Å². The highest BCUT2D eigenvalue weighted by atomic mass is 32.2. The molecule has 3 rings (SSSR count). The highest BCUT2D eigenvalue weighted by Gasteiger charge is 2.38. The van der Waals surface area contributed by atoms with Crippen LogP contribution in [0.1, 0.15) is 44.2 Å². The van der Waals surface area contributed by atoms with Gasteiger partial charge in [-0.1, -0.05) is 13.8 Å². The summed E-state index contributed by atoms with van der Waals surface area (Å²) in [4.78, 5) is 11.5. The average molecular weight is 399 g/mol. The minimum absolute atomic E-state index is 0.0897. The number of carbonyl (C=O) groups is 1. The fraction of sp³-hybridized carbons (Fsp3) is 0.611. The van der Waals surface area contributed by atoms with Crippen molar-refractivity contribution in [3.8, 4) is 5.75 Å². The summed E-state index contributed by atoms with van der Waals surface area (Å²) in [6.45, 7) is 4.58. The molecular formula is C18H26FN3O4S. The van der Waals surface area contributed by atoms with Gasteiger partial charge in [0.25, 0.3) is 5.91 Å². The Labute approximate surface area is 159 Å². The van der Waals surface area contributed by atoms with Gasteiger partial charge >= 0.3 is 10.2 Å². The molecule has 9 heteroatoms. The molecule has 1 amide bonds. The maximum absolute atomic E-state index is 15.3. The second kappa shape index (κ2) is 7.63. The minimum atomic E-state index is -4.19. The quantitative estimate of drug-likeness (QED) is 0.653. The van der Waals surface area contributed by atoms with Crippen LogP contribution >= 0.6 is 0 Å². The summed E-state index contributed by atoms with van der Waals surface area (Å²) in [6.07, 6.45) is 3.79. The third kappa shape index (κ3) is 4.19. The van der Waals surface area contributed by atoms with Crippen molar-refractivity contribution in [2.24, 2.45) is 5.92 Å². The molecule has 1 fully saturated rings. The summed E-state index contributed by atoms with van der Waals surface area (Å²) in [5.74, 6) is -1.40. The lowest BCUT2D eigenvalue weighted by Crippen LogP contribution is -2.33. The first-order valence-corrected chi connectivity index (χ1v) is 10.7. The Balaban J connectivity index is 1.92. The molecule has 0 spiro atoms. The van der Waals surface area contributed by atoms with E-state index in [-0.39, 0.29) is 6.04 Å². The standard InChI is InChI=1S/C18H26FN3O4S/c1-11(2)6-7-20-13-5-3-4-12-8-15(23)18(17(19)14(12)9-13)22-10-16(24)21-27(22,25)26/h8,11,13,20,23H,3-7,9-10H2,1-2H3,(H,21,24)/t13-/m1/s1. The molecule has 0 aromatic heterocycles. The predicted molar refractivity (Wildman–Crippen MR) is 100 cm³/mol. The summed E-state index contributed by atoms with van der Waals surface area (Å²) < 4.78 is 41.9. The first-order chi connectivity index (χ1) is 12.7. The van der Waals surface area contributed by atoms with Crippen molar-refractivity contribution in [1.82, 2.24) is 10.0 Å². The lowest BCUT2D eigenvalue weighted by Gasteiger charge is -2.22. The number of halogens is 1. The third-order valence-electron chi connectivity index (χ3n) is 5.09. The van der Waals surface area contributed by atoms with Crippen LogP contribution in [0.4, 0.5) is 10.1 Å². The van der Waals surface area contributed by atoms with Gasteiger partial charge in [0, 0.05) is 6.04 Å². The van der Waals surface area contributed by atoms with E-state index in [1.54, 1.807) is 4.72 Å². The Morgan fingerprint density at radius 3 is 2.81 bits per heavy atom. The molecule has 0 bridgehead atoms. The van der Waals surface area contributed by atoms with Gasteiger partial charge in [0.15, 0.2) is 5.82 Å². The van der Waals surface area contributed by atoms with Crippen LogP contribution in [0.25, 0.3) is 0 Å². The lowest BCUT2D eigenvalue weighted by molar-refractivity contribution is -0.117. The monoisotopic (exact) mass is 399 g/mol. The topological polar surface area (TPSA) is 98.7 Å². The number of aryl methyl sites for hydroxylation is 1. The van der Waals surface area contributed by atoms with E-state index < -0.39 is 39.9 Å². The largest absolute Gasteiger partial charge is 0.506 e. The number of carbonyl (C=O) groups excluding carboxylic acids is 1. The molecular weight excluding hydrogens is 373 g/mol. The van der Waals surface area contributed by atoms with Crippen LogP contribution in [-0.4, -0.2) is 38.6 Å². The van der Waals surface area contributed by atoms with Gasteiger partial charge in [0.05, 0.1) is 0 Å². The second-order valence-corrected chi connectivity index (χ2v) is 9.26. The van der Waals surface area contributed by atoms with Gasteiger partial charge in [-0.2, -0.15) is 8.42 Å². The molecule has 2 aliphatic rings. The smallest absolute Gasteiger partial charge is 0.326 e. The summed E-state index contributed by atoms with van der Waals surface area (Å²) in [5.41, 5.74) is 0.657. The number of rotatable bonds is 5. The SMILES string of the molecule is CC(C)CCN[C@@H]1CCCc2cc(O)c(N3CC(=O)NS3(=O)=O)c(F)c2C1. The summed E-state index contributed by atoms with van der Waals surface area (Å²) in [6, 6.07) is 1.52. The van der Waals surface area contributed by atoms with Crippen molar-refractivity contribution in [3.05, 3.63) is 23.0 Å². The number of aromatic hydroxyl groups is 1. The Bertz CT molecular complexity index is 841. The summed E-state index contributed by atoms with van der Waals surface area (Å²) >= 11 is 0. The van der Waals surface area contributed by atoms with Gasteiger partial charge in [0.2, 0.25) is 0 Å². The Hall–Kier alpha value is -1.87. The van der Waals surface area contributed by atoms with Gasteiger partial charge in [-0.05, 0) is 61.8 Å². The Kier molecular flexibility index (Phi) is 5.62. The van der Waals surface area contributed by atoms with Crippen LogP contribution < -0.4 is 14.3 Å². The Morgan fingerprint density at radius 2 is 2.19 bits per heavy atom. The first kappa shape index (κ1) is 19.9. The number of anilines is 1. The van der Waals surface area contributed by atoms with Gasteiger partial charge in [-0.3, -0.25) is 4.79 Å². The molecule has 1 saturated heterocycles. The maximum atomic E-state index is 15.3. The van der Waals surface area contributed by atoms with E-state index in [1.165, 1.54) is 6.07 Å². The van der Waals surface area contributed by atoms with E-state index in [2.05, 4.69) is 19.2 Å². The number of phenols is 1. The van der Waals surface area contributed by atoms with E-state index in [1.807, 2.05) is 0 Å². The van der Waals surface area contributed by atoms with E-state index in [0.717, 1.165) is 25.8 Å². The van der Waals surface area contributed by atoms with Gasteiger partial charge in [-0.15, -0.1) is 0 Å². The van der Waals surface area contributed by atoms with Crippen molar-refractivity contribution >= 4 is 21.8 Å². The zero-order valence-corrected chi connectivity index (χ0v) is 16.4. The second-order valence-electron chi connectivity index (χ2n) is 7.66. The highest BCUT2D eigenvalue weighted by Crippen LogP contribution is 2.39. The fourth-order valence-corrected chi connectivity index (χ4v) is 4.85. The van der Waals surface area contributed by atoms with Crippen LogP contribution in [-0.2, 0) is 27.8 Å². The highest BCUT2D eigenvalue weighted by molar-refractivity contribution is 7.92. The molecule has 1 aromatic rings. The van der Waals surface area contributed by atoms with Crippen LogP contribution in [0.3, 0.4) is 0 Å². The molecule has 1 aliphatic heterocycles. The number of hydrogen-bond donors (Lipinski definition) is 3. The molecule has 0 unspecified atom stereocenters. The number of fused-ring (bicyclic) bond motifs is 1. The lowest BCUT2D eigenvalue weighted by atomic mass is 9.99. The maximum Gasteiger partial charge on any atom is 0.326 e. The molecule has 150 valence electrons. The number of phenolic OH excluding ortho intramolecular Hbond substituents is 1. The Morgan fingerprint density at radius 1 is 1.44 bits per heavy atom. The molecule has 0 radical (unpaired) electrons. The number of nitrogens with one attached hydrogen (secondary N) is 2. The van der Waals surface area contributed by atoms with Crippen molar-refractivity contribution in [2.75, 3.05) is 17.4 Å². The van der Waals surface area contributed by atoms with E-state index in [9.17, 15) is 18.3 Å². The molecule has 1 heterocycles. The number of hydrogen-bond acceptors (Lipinski definition) is 5. The third-order valence-corrected chi connectivity index (χ3v) is 6.47. The molecule has 7 nitrogen and oxygen atoms in total. The van der Waals surface area contributed by atoms with Gasteiger partial charge < -0.3 is 10.4 Å². The average Bonchev–Trinajstić information content (AvgIpc) is 2.71. The summed E-state index contributed by atoms with van der Waals surface area (Å²) in [7, 11) is -4.19. The van der Waals surface area contributed by atoms with Gasteiger partial charge in [0.1, 0.15) is 18.0 Å². The molecule has 0 saturated carbocycles. The normalized spacial score (nSPS) is 21.9. The fourth-order valence-electron chi connectivity index (χ4n) is 3.68. The van der Waals surface area contributed by atoms with Crippen molar-refractivity contribution < 1.29 is 22.7 Å². The van der Waals surface area contributed by atoms with Crippen LogP contribution in [0.5, 0.6) is 5.75 Å². The van der Waals surface area contributed by atoms with Gasteiger partial charge in [-0.25, -0.2) is 13.4 Å². The van der Waals surface area contributed by atoms with Crippen LogP contribution in [0.15, 0.2) is 6.07 Å². The predicted octanol–water partition coefficient (Wildman–Crippen LogP) is 1.60. The zero-order valence-electron chi connectivity index (χ0n) is 15.6. The molecule has 1 aromatic carbocycles. The van der Waals surface area contributed by atoms with Crippen molar-refractivity contribution in [1.29, 1.82) is 0 Å². The van der Waals surface area contributed by atoms with Crippen molar-refractivity contribution in [3.63, 3.8) is 0 Å². The summed E-state index contributed by atoms with van der Waals surface area (Å²) in [5, 5.41) is 13.7. The van der Waals surface area contributed by atoms with Crippen molar-refractivity contribution in [2.45, 2.75) is 52.0 Å². The van der Waals surface area contributed by atoms with Crippen LogP contribution in [0, 0.1) is 11.7 Å². The number of nitrogens with zero attached hydrogens (tertiary/aromatic N) is 1. The van der Waals surface area contributed by atoms with E-state index in [4.69, 9.17) is 0 Å². The molecule has 27 heavy (non-hydrogen) atoms. The number of amides is 1. The zero-order chi connectivity index (χ0) is 19.8. The molecule has 1 atom stereocenters. The van der Waals surface area contributed by atoms with E-state index >= 15 is 4.39 Å². The first-order valence-electron chi connectivity index (χ1n) is 9.29. The molecule has 1 aliphatic carbocycles. The number of benzene rings is 1. The minimum Gasteiger partial charge on any atom is -0.506 e. The molecule has 3 N–H and O–H groups in total.